The molecule has 0 saturated carbocycles. The van der Waals surface area contributed by atoms with Gasteiger partial charge in [-0.1, -0.05) is 18.2 Å². The molecule has 9 nitrogen and oxygen atoms in total. The van der Waals surface area contributed by atoms with E-state index >= 15 is 0 Å². The summed E-state index contributed by atoms with van der Waals surface area (Å²) in [6.07, 6.45) is 1.12. The Hall–Kier alpha value is -4.01. The van der Waals surface area contributed by atoms with E-state index in [9.17, 15) is 19.2 Å². The Balaban J connectivity index is 1.95. The second-order valence-corrected chi connectivity index (χ2v) is 5.11. The predicted octanol–water partition coefficient (Wildman–Crippen LogP) is 1.26. The van der Waals surface area contributed by atoms with Crippen LogP contribution in [0.15, 0.2) is 53.6 Å². The van der Waals surface area contributed by atoms with E-state index in [1.54, 1.807) is 12.1 Å². The van der Waals surface area contributed by atoms with Gasteiger partial charge in [-0.05, 0) is 30.3 Å². The Kier molecular flexibility index (Phi) is 6.37. The number of hydrogen-bond acceptors (Lipinski definition) is 6. The lowest BCUT2D eigenvalue weighted by Gasteiger charge is -2.05. The van der Waals surface area contributed by atoms with Crippen LogP contribution in [0, 0.1) is 0 Å². The van der Waals surface area contributed by atoms with E-state index in [0.29, 0.717) is 11.3 Å². The Morgan fingerprint density at radius 2 is 1.67 bits per heavy atom. The van der Waals surface area contributed by atoms with E-state index in [0.717, 1.165) is 6.21 Å². The van der Waals surface area contributed by atoms with Gasteiger partial charge in [-0.3, -0.25) is 9.59 Å². The maximum Gasteiger partial charge on any atom is 0.337 e. The lowest BCUT2D eigenvalue weighted by atomic mass is 10.1. The largest absolute Gasteiger partial charge is 0.478 e. The minimum absolute atomic E-state index is 0.00523. The summed E-state index contributed by atoms with van der Waals surface area (Å²) in [7, 11) is 1.25. The number of aromatic carboxylic acids is 1. The smallest absolute Gasteiger partial charge is 0.337 e. The highest BCUT2D eigenvalue weighted by molar-refractivity contribution is 6.39. The zero-order valence-electron chi connectivity index (χ0n) is 14.1. The van der Waals surface area contributed by atoms with Crippen molar-refractivity contribution in [1.82, 2.24) is 5.43 Å². The van der Waals surface area contributed by atoms with Crippen LogP contribution in [0.25, 0.3) is 0 Å². The summed E-state index contributed by atoms with van der Waals surface area (Å²) in [5.74, 6) is -3.70. The van der Waals surface area contributed by atoms with E-state index < -0.39 is 23.8 Å². The summed E-state index contributed by atoms with van der Waals surface area (Å²) in [5.41, 5.74) is 2.87. The molecule has 0 radical (unpaired) electrons. The maximum absolute atomic E-state index is 11.8. The minimum atomic E-state index is -1.14. The van der Waals surface area contributed by atoms with Crippen molar-refractivity contribution >= 4 is 35.7 Å². The zero-order valence-corrected chi connectivity index (χ0v) is 14.1. The molecule has 138 valence electrons. The van der Waals surface area contributed by atoms with Crippen LogP contribution in [0.1, 0.15) is 26.3 Å². The van der Waals surface area contributed by atoms with Crippen LogP contribution in [0.2, 0.25) is 0 Å². The molecule has 0 aliphatic heterocycles. The third-order valence-electron chi connectivity index (χ3n) is 3.33. The number of carbonyl (C=O) groups is 4. The number of hydrazone groups is 1. The lowest BCUT2D eigenvalue weighted by molar-refractivity contribution is -0.136. The predicted molar refractivity (Wildman–Crippen MR) is 95.5 cm³/mol. The first-order chi connectivity index (χ1) is 12.9. The van der Waals surface area contributed by atoms with Gasteiger partial charge >= 0.3 is 23.8 Å². The van der Waals surface area contributed by atoms with Crippen molar-refractivity contribution in [2.45, 2.75) is 0 Å². The number of methoxy groups -OCH3 is 1. The van der Waals surface area contributed by atoms with Crippen LogP contribution in [0.3, 0.4) is 0 Å². The molecular formula is C18H15N3O6. The van der Waals surface area contributed by atoms with Gasteiger partial charge in [0, 0.05) is 11.3 Å². The Bertz CT molecular complexity index is 906. The van der Waals surface area contributed by atoms with Crippen molar-refractivity contribution in [3.63, 3.8) is 0 Å². The average molecular weight is 369 g/mol. The van der Waals surface area contributed by atoms with Crippen LogP contribution in [-0.4, -0.2) is 42.2 Å². The first kappa shape index (κ1) is 19.3. The number of carbonyl (C=O) groups excluding carboxylic acids is 3. The summed E-state index contributed by atoms with van der Waals surface area (Å²) in [6.45, 7) is 0. The topological polar surface area (TPSA) is 134 Å². The molecular weight excluding hydrogens is 354 g/mol. The molecule has 0 fully saturated rings. The van der Waals surface area contributed by atoms with Crippen LogP contribution in [0.4, 0.5) is 5.69 Å². The first-order valence-corrected chi connectivity index (χ1v) is 7.57. The highest BCUT2D eigenvalue weighted by Crippen LogP contribution is 2.10. The molecule has 2 aromatic rings. The van der Waals surface area contributed by atoms with Gasteiger partial charge in [0.1, 0.15) is 0 Å². The van der Waals surface area contributed by atoms with Crippen molar-refractivity contribution in [3.05, 3.63) is 65.2 Å². The number of benzene rings is 2. The van der Waals surface area contributed by atoms with Gasteiger partial charge in [0.25, 0.3) is 0 Å². The number of rotatable bonds is 5. The van der Waals surface area contributed by atoms with Gasteiger partial charge in [0.2, 0.25) is 0 Å². The molecule has 9 heteroatoms. The van der Waals surface area contributed by atoms with E-state index in [1.807, 2.05) is 5.43 Å². The molecule has 0 heterocycles. The van der Waals surface area contributed by atoms with Crippen molar-refractivity contribution in [2.75, 3.05) is 12.4 Å². The van der Waals surface area contributed by atoms with Crippen LogP contribution in [0.5, 0.6) is 0 Å². The molecule has 2 aromatic carbocycles. The van der Waals surface area contributed by atoms with E-state index in [4.69, 9.17) is 5.11 Å². The molecule has 2 rings (SSSR count). The molecule has 0 unspecified atom stereocenters. The minimum Gasteiger partial charge on any atom is -0.478 e. The normalized spacial score (nSPS) is 10.3. The molecule has 0 atom stereocenters. The van der Waals surface area contributed by atoms with E-state index in [-0.39, 0.29) is 11.1 Å². The molecule has 0 bridgehead atoms. The van der Waals surface area contributed by atoms with Gasteiger partial charge in [0.05, 0.1) is 24.5 Å². The second kappa shape index (κ2) is 8.90. The number of amides is 2. The molecule has 0 spiro atoms. The summed E-state index contributed by atoms with van der Waals surface area (Å²) in [4.78, 5) is 46.0. The Morgan fingerprint density at radius 1 is 1.00 bits per heavy atom. The molecule has 0 aromatic heterocycles. The SMILES string of the molecule is COC(=O)c1ccc(NC(=O)C(=O)N/N=C/c2ccccc2C(=O)O)cc1. The number of nitrogens with one attached hydrogen (secondary N) is 2. The van der Waals surface area contributed by atoms with Crippen LogP contribution < -0.4 is 10.7 Å². The molecule has 0 saturated heterocycles. The average Bonchev–Trinajstić information content (AvgIpc) is 2.68. The van der Waals surface area contributed by atoms with Gasteiger partial charge in [-0.25, -0.2) is 15.0 Å². The number of hydrogen-bond donors (Lipinski definition) is 3. The van der Waals surface area contributed by atoms with Crippen molar-refractivity contribution in [2.24, 2.45) is 5.10 Å². The van der Waals surface area contributed by atoms with Crippen molar-refractivity contribution in [3.8, 4) is 0 Å². The summed E-state index contributed by atoms with van der Waals surface area (Å²) in [5, 5.41) is 15.0. The van der Waals surface area contributed by atoms with E-state index in [1.165, 1.54) is 43.5 Å². The van der Waals surface area contributed by atoms with Gasteiger partial charge < -0.3 is 15.2 Å². The number of esters is 1. The van der Waals surface area contributed by atoms with Crippen molar-refractivity contribution in [1.29, 1.82) is 0 Å². The lowest BCUT2D eigenvalue weighted by Crippen LogP contribution is -2.32. The number of carboxylic acid groups (broad SMARTS) is 1. The molecule has 27 heavy (non-hydrogen) atoms. The van der Waals surface area contributed by atoms with E-state index in [2.05, 4.69) is 15.2 Å². The summed E-state index contributed by atoms with van der Waals surface area (Å²) < 4.78 is 4.56. The molecule has 0 aliphatic rings. The summed E-state index contributed by atoms with van der Waals surface area (Å²) in [6, 6.07) is 11.8. The highest BCUT2D eigenvalue weighted by atomic mass is 16.5. The quantitative estimate of drug-likeness (QED) is 0.314. The van der Waals surface area contributed by atoms with Crippen molar-refractivity contribution < 1.29 is 29.0 Å². The number of carboxylic acids is 1. The van der Waals surface area contributed by atoms with Gasteiger partial charge in [-0.15, -0.1) is 0 Å². The number of ether oxygens (including phenoxy) is 1. The molecule has 2 amide bonds. The molecule has 3 N–H and O–H groups in total. The first-order valence-electron chi connectivity index (χ1n) is 7.57. The monoisotopic (exact) mass is 369 g/mol. The number of anilines is 1. The standard InChI is InChI=1S/C18H15N3O6/c1-27-18(26)11-6-8-13(9-7-11)20-15(22)16(23)21-19-10-12-4-2-3-5-14(12)17(24)25/h2-10H,1H3,(H,20,22)(H,21,23)(H,24,25)/b19-10+. The fourth-order valence-corrected chi connectivity index (χ4v) is 2.01. The second-order valence-electron chi connectivity index (χ2n) is 5.11. The van der Waals surface area contributed by atoms with Crippen LogP contribution in [-0.2, 0) is 14.3 Å². The van der Waals surface area contributed by atoms with Crippen LogP contribution >= 0.6 is 0 Å². The maximum atomic E-state index is 11.8. The van der Waals surface area contributed by atoms with Gasteiger partial charge in [-0.2, -0.15) is 5.10 Å². The fraction of sp³-hybridized carbons (Fsp3) is 0.0556. The zero-order chi connectivity index (χ0) is 19.8. The Labute approximate surface area is 153 Å². The number of nitrogens with zero attached hydrogens (tertiary/aromatic N) is 1. The molecule has 0 aliphatic carbocycles. The fourth-order valence-electron chi connectivity index (χ4n) is 2.01. The third-order valence-corrected chi connectivity index (χ3v) is 3.33. The third kappa shape index (κ3) is 5.23. The van der Waals surface area contributed by atoms with Gasteiger partial charge in [0.15, 0.2) is 0 Å². The summed E-state index contributed by atoms with van der Waals surface area (Å²) >= 11 is 0. The highest BCUT2D eigenvalue weighted by Gasteiger charge is 2.14. The Morgan fingerprint density at radius 3 is 2.30 bits per heavy atom.